The topological polar surface area (TPSA) is 55.1 Å². The van der Waals surface area contributed by atoms with Gasteiger partial charge in [-0.05, 0) is 37.1 Å². The molecule has 8 heteroatoms. The van der Waals surface area contributed by atoms with Gasteiger partial charge in [-0.3, -0.25) is 4.79 Å². The first-order valence-corrected chi connectivity index (χ1v) is 8.09. The summed E-state index contributed by atoms with van der Waals surface area (Å²) in [5.74, 6) is -5.47. The molecule has 1 heterocycles. The molecule has 0 bridgehead atoms. The molecule has 0 unspecified atom stereocenters. The number of aromatic nitrogens is 1. The quantitative estimate of drug-likeness (QED) is 0.536. The molecule has 1 N–H and O–H groups in total. The Balaban J connectivity index is 1.61. The summed E-state index contributed by atoms with van der Waals surface area (Å²) in [5, 5.41) is 6.12. The summed E-state index contributed by atoms with van der Waals surface area (Å²) in [4.78, 5) is 12.6. The lowest BCUT2D eigenvalue weighted by Crippen LogP contribution is -2.28. The maximum absolute atomic E-state index is 13.9. The third-order valence-corrected chi connectivity index (χ3v) is 4.61. The number of halogens is 4. The van der Waals surface area contributed by atoms with Gasteiger partial charge in [-0.25, -0.2) is 17.6 Å². The maximum atomic E-state index is 13.9. The first-order chi connectivity index (χ1) is 12.9. The Hall–Kier alpha value is -3.16. The van der Waals surface area contributed by atoms with E-state index >= 15 is 0 Å². The van der Waals surface area contributed by atoms with Gasteiger partial charge in [0.2, 0.25) is 5.91 Å². The highest BCUT2D eigenvalue weighted by atomic mass is 19.2. The number of rotatable bonds is 4. The van der Waals surface area contributed by atoms with Gasteiger partial charge < -0.3 is 9.84 Å². The minimum atomic E-state index is -1.67. The van der Waals surface area contributed by atoms with E-state index < -0.39 is 40.3 Å². The Kier molecular flexibility index (Phi) is 3.98. The van der Waals surface area contributed by atoms with Crippen LogP contribution in [0.15, 0.2) is 47.0 Å². The van der Waals surface area contributed by atoms with Crippen molar-refractivity contribution in [2.24, 2.45) is 0 Å². The van der Waals surface area contributed by atoms with Gasteiger partial charge >= 0.3 is 0 Å². The number of hydrogen-bond acceptors (Lipinski definition) is 3. The van der Waals surface area contributed by atoms with E-state index in [1.54, 1.807) is 6.07 Å². The van der Waals surface area contributed by atoms with E-state index in [9.17, 15) is 22.4 Å². The van der Waals surface area contributed by atoms with E-state index in [0.29, 0.717) is 12.8 Å². The number of anilines is 1. The first-order valence-electron chi connectivity index (χ1n) is 8.09. The Morgan fingerprint density at radius 3 is 2.44 bits per heavy atom. The molecule has 27 heavy (non-hydrogen) atoms. The van der Waals surface area contributed by atoms with Gasteiger partial charge in [-0.2, -0.15) is 0 Å². The molecule has 2 aromatic carbocycles. The van der Waals surface area contributed by atoms with Crippen molar-refractivity contribution in [1.82, 2.24) is 5.16 Å². The lowest BCUT2D eigenvalue weighted by molar-refractivity contribution is -0.118. The smallest absolute Gasteiger partial charge is 0.236 e. The zero-order valence-electron chi connectivity index (χ0n) is 13.7. The molecule has 0 saturated heterocycles. The molecule has 1 aromatic heterocycles. The molecule has 1 aliphatic carbocycles. The summed E-state index contributed by atoms with van der Waals surface area (Å²) in [6.45, 7) is 0. The summed E-state index contributed by atoms with van der Waals surface area (Å²) in [6, 6.07) is 9.05. The molecule has 1 amide bonds. The highest BCUT2D eigenvalue weighted by molar-refractivity contribution is 6.01. The fourth-order valence-corrected chi connectivity index (χ4v) is 2.88. The highest BCUT2D eigenvalue weighted by Gasteiger charge is 2.54. The van der Waals surface area contributed by atoms with Gasteiger partial charge in [-0.1, -0.05) is 17.3 Å². The molecule has 138 valence electrons. The van der Waals surface area contributed by atoms with Crippen LogP contribution in [0.5, 0.6) is 0 Å². The third kappa shape index (κ3) is 2.87. The van der Waals surface area contributed by atoms with E-state index in [1.165, 1.54) is 24.3 Å². The largest absolute Gasteiger partial charge is 0.356 e. The lowest BCUT2D eigenvalue weighted by atomic mass is 10.00. The molecule has 3 aromatic rings. The second-order valence-corrected chi connectivity index (χ2v) is 6.32. The van der Waals surface area contributed by atoms with E-state index in [4.69, 9.17) is 4.52 Å². The minimum Gasteiger partial charge on any atom is -0.356 e. The SMILES string of the molecule is O=C(Nc1ccc(F)c(F)c1F)C1(c2cc(-c3ccccc3F)on2)CC1. The van der Waals surface area contributed by atoms with Crippen molar-refractivity contribution in [2.75, 3.05) is 5.32 Å². The van der Waals surface area contributed by atoms with Crippen LogP contribution in [0.3, 0.4) is 0 Å². The van der Waals surface area contributed by atoms with Crippen LogP contribution >= 0.6 is 0 Å². The molecule has 1 fully saturated rings. The normalized spacial score (nSPS) is 14.8. The summed E-state index contributed by atoms with van der Waals surface area (Å²) in [5.41, 5.74) is -1.09. The minimum absolute atomic E-state index is 0.154. The predicted molar refractivity (Wildman–Crippen MR) is 87.8 cm³/mol. The van der Waals surface area contributed by atoms with Crippen LogP contribution < -0.4 is 5.32 Å². The van der Waals surface area contributed by atoms with Gasteiger partial charge in [0, 0.05) is 6.07 Å². The fourth-order valence-electron chi connectivity index (χ4n) is 2.88. The number of carbonyl (C=O) groups is 1. The molecule has 0 spiro atoms. The van der Waals surface area contributed by atoms with E-state index in [-0.39, 0.29) is 17.0 Å². The van der Waals surface area contributed by atoms with Crippen molar-refractivity contribution >= 4 is 11.6 Å². The average molecular weight is 376 g/mol. The zero-order chi connectivity index (χ0) is 19.2. The number of benzene rings is 2. The molecule has 1 saturated carbocycles. The molecule has 0 radical (unpaired) electrons. The Morgan fingerprint density at radius 1 is 1.00 bits per heavy atom. The van der Waals surface area contributed by atoms with E-state index in [2.05, 4.69) is 10.5 Å². The number of amides is 1. The van der Waals surface area contributed by atoms with Gasteiger partial charge in [0.15, 0.2) is 23.2 Å². The van der Waals surface area contributed by atoms with Crippen LogP contribution in [-0.2, 0) is 10.2 Å². The van der Waals surface area contributed by atoms with Crippen LogP contribution in [0.2, 0.25) is 0 Å². The second kappa shape index (κ2) is 6.22. The van der Waals surface area contributed by atoms with Crippen molar-refractivity contribution in [3.05, 3.63) is 71.4 Å². The van der Waals surface area contributed by atoms with Gasteiger partial charge in [0.05, 0.1) is 22.4 Å². The Labute approximate surface area is 150 Å². The standard InChI is InChI=1S/C19H12F4N2O2/c20-11-4-2-1-3-10(11)14-9-15(25-27-14)19(7-8-19)18(26)24-13-6-5-12(21)16(22)17(13)23/h1-6,9H,7-8H2,(H,24,26). The molecule has 1 aliphatic rings. The third-order valence-electron chi connectivity index (χ3n) is 4.61. The van der Waals surface area contributed by atoms with Gasteiger partial charge in [-0.15, -0.1) is 0 Å². The number of hydrogen-bond donors (Lipinski definition) is 1. The Bertz CT molecular complexity index is 1040. The van der Waals surface area contributed by atoms with Gasteiger partial charge in [0.25, 0.3) is 0 Å². The maximum Gasteiger partial charge on any atom is 0.236 e. The second-order valence-electron chi connectivity index (χ2n) is 6.32. The van der Waals surface area contributed by atoms with Crippen molar-refractivity contribution < 1.29 is 26.9 Å². The van der Waals surface area contributed by atoms with Crippen LogP contribution in [0.4, 0.5) is 23.2 Å². The Morgan fingerprint density at radius 2 is 1.74 bits per heavy atom. The lowest BCUT2D eigenvalue weighted by Gasteiger charge is -2.13. The molecular weight excluding hydrogens is 364 g/mol. The summed E-state index contributed by atoms with van der Waals surface area (Å²) in [6.07, 6.45) is 0.820. The molecule has 4 nitrogen and oxygen atoms in total. The van der Waals surface area contributed by atoms with Crippen LogP contribution in [0.25, 0.3) is 11.3 Å². The summed E-state index contributed by atoms with van der Waals surface area (Å²) < 4.78 is 59.2. The number of nitrogens with one attached hydrogen (secondary N) is 1. The van der Waals surface area contributed by atoms with Crippen molar-refractivity contribution in [2.45, 2.75) is 18.3 Å². The average Bonchev–Trinajstić information content (AvgIpc) is 3.33. The molecule has 0 atom stereocenters. The molecular formula is C19H12F4N2O2. The van der Waals surface area contributed by atoms with Crippen molar-refractivity contribution in [3.63, 3.8) is 0 Å². The van der Waals surface area contributed by atoms with Crippen LogP contribution in [-0.4, -0.2) is 11.1 Å². The summed E-state index contributed by atoms with van der Waals surface area (Å²) >= 11 is 0. The highest BCUT2D eigenvalue weighted by Crippen LogP contribution is 2.49. The predicted octanol–water partition coefficient (Wildman–Crippen LogP) is 4.57. The van der Waals surface area contributed by atoms with Crippen LogP contribution in [0.1, 0.15) is 18.5 Å². The fraction of sp³-hybridized carbons (Fsp3) is 0.158. The van der Waals surface area contributed by atoms with Crippen molar-refractivity contribution in [3.8, 4) is 11.3 Å². The van der Waals surface area contributed by atoms with Gasteiger partial charge in [0.1, 0.15) is 5.82 Å². The van der Waals surface area contributed by atoms with Crippen LogP contribution in [0, 0.1) is 23.3 Å². The number of nitrogens with zero attached hydrogens (tertiary/aromatic N) is 1. The summed E-state index contributed by atoms with van der Waals surface area (Å²) in [7, 11) is 0. The van der Waals surface area contributed by atoms with Crippen molar-refractivity contribution in [1.29, 1.82) is 0 Å². The van der Waals surface area contributed by atoms with E-state index in [0.717, 1.165) is 12.1 Å². The molecule has 0 aliphatic heterocycles. The first kappa shape index (κ1) is 17.3. The zero-order valence-corrected chi connectivity index (χ0v) is 13.7. The van der Waals surface area contributed by atoms with E-state index in [1.807, 2.05) is 0 Å². The number of carbonyl (C=O) groups excluding carboxylic acids is 1. The monoisotopic (exact) mass is 376 g/mol. The molecule has 4 rings (SSSR count).